The van der Waals surface area contributed by atoms with E-state index in [1.165, 1.54) is 24.6 Å². The lowest BCUT2D eigenvalue weighted by atomic mass is 9.96. The average Bonchev–Trinajstić information content (AvgIpc) is 2.73. The molecule has 1 unspecified atom stereocenters. The molecule has 3 amide bonds. The number of nitrogens with one attached hydrogen (secondary N) is 1. The molecule has 3 rings (SSSR count). The van der Waals surface area contributed by atoms with E-state index in [4.69, 9.17) is 4.74 Å². The molecular formula is C19H26N4O4. The molecule has 1 atom stereocenters. The fourth-order valence-corrected chi connectivity index (χ4v) is 3.72. The summed E-state index contributed by atoms with van der Waals surface area (Å²) in [6.07, 6.45) is 8.51. The van der Waals surface area contributed by atoms with Gasteiger partial charge in [0, 0.05) is 31.5 Å². The summed E-state index contributed by atoms with van der Waals surface area (Å²) in [7, 11) is 1.29. The third-order valence-electron chi connectivity index (χ3n) is 5.24. The van der Waals surface area contributed by atoms with Crippen molar-refractivity contribution in [2.24, 2.45) is 0 Å². The summed E-state index contributed by atoms with van der Waals surface area (Å²) in [5.41, 5.74) is 0.409. The van der Waals surface area contributed by atoms with E-state index < -0.39 is 12.0 Å². The van der Waals surface area contributed by atoms with Crippen molar-refractivity contribution >= 4 is 17.9 Å². The number of pyridine rings is 1. The van der Waals surface area contributed by atoms with Gasteiger partial charge in [0.25, 0.3) is 5.91 Å². The highest BCUT2D eigenvalue weighted by molar-refractivity contribution is 5.97. The van der Waals surface area contributed by atoms with Gasteiger partial charge in [0.1, 0.15) is 6.04 Å². The number of amides is 3. The molecule has 1 saturated carbocycles. The minimum atomic E-state index is -0.825. The fourth-order valence-electron chi connectivity index (χ4n) is 3.72. The number of piperazine rings is 1. The van der Waals surface area contributed by atoms with Crippen molar-refractivity contribution in [1.29, 1.82) is 0 Å². The van der Waals surface area contributed by atoms with Crippen LogP contribution in [0.2, 0.25) is 0 Å². The van der Waals surface area contributed by atoms with Gasteiger partial charge in [0.15, 0.2) is 0 Å². The van der Waals surface area contributed by atoms with Crippen LogP contribution in [-0.4, -0.2) is 71.5 Å². The lowest BCUT2D eigenvalue weighted by molar-refractivity contribution is -0.147. The van der Waals surface area contributed by atoms with Crippen LogP contribution in [-0.2, 0) is 9.53 Å². The van der Waals surface area contributed by atoms with Crippen molar-refractivity contribution in [3.8, 4) is 0 Å². The molecular weight excluding hydrogens is 348 g/mol. The average molecular weight is 374 g/mol. The molecule has 146 valence electrons. The summed E-state index contributed by atoms with van der Waals surface area (Å²) in [6, 6.07) is 2.52. The highest BCUT2D eigenvalue weighted by Gasteiger charge is 2.38. The van der Waals surface area contributed by atoms with Crippen LogP contribution in [0.4, 0.5) is 4.79 Å². The number of nitrogens with zero attached hydrogens (tertiary/aromatic N) is 3. The van der Waals surface area contributed by atoms with E-state index in [0.29, 0.717) is 12.1 Å². The smallest absolute Gasteiger partial charge is 0.330 e. The fraction of sp³-hybridized carbons (Fsp3) is 0.579. The van der Waals surface area contributed by atoms with Gasteiger partial charge in [-0.25, -0.2) is 9.59 Å². The van der Waals surface area contributed by atoms with Gasteiger partial charge in [-0.15, -0.1) is 0 Å². The van der Waals surface area contributed by atoms with Crippen molar-refractivity contribution < 1.29 is 19.1 Å². The van der Waals surface area contributed by atoms with E-state index in [-0.39, 0.29) is 31.1 Å². The van der Waals surface area contributed by atoms with Crippen LogP contribution in [0.3, 0.4) is 0 Å². The molecule has 8 heteroatoms. The third-order valence-corrected chi connectivity index (χ3v) is 5.24. The third kappa shape index (κ3) is 4.56. The highest BCUT2D eigenvalue weighted by Crippen LogP contribution is 2.19. The van der Waals surface area contributed by atoms with Crippen molar-refractivity contribution in [3.05, 3.63) is 30.1 Å². The summed E-state index contributed by atoms with van der Waals surface area (Å²) < 4.78 is 4.88. The number of esters is 1. The maximum Gasteiger partial charge on any atom is 0.330 e. The summed E-state index contributed by atoms with van der Waals surface area (Å²) >= 11 is 0. The molecule has 1 aliphatic carbocycles. The van der Waals surface area contributed by atoms with E-state index in [1.54, 1.807) is 23.2 Å². The van der Waals surface area contributed by atoms with E-state index >= 15 is 0 Å². The number of hydrogen-bond donors (Lipinski definition) is 1. The molecule has 0 bridgehead atoms. The van der Waals surface area contributed by atoms with Gasteiger partial charge in [-0.2, -0.15) is 0 Å². The zero-order valence-electron chi connectivity index (χ0n) is 15.6. The van der Waals surface area contributed by atoms with Gasteiger partial charge in [0.05, 0.1) is 19.2 Å². The summed E-state index contributed by atoms with van der Waals surface area (Å²) in [6.45, 7) is 0.765. The monoisotopic (exact) mass is 374 g/mol. The van der Waals surface area contributed by atoms with E-state index in [0.717, 1.165) is 25.7 Å². The number of carbonyl (C=O) groups excluding carboxylic acids is 3. The van der Waals surface area contributed by atoms with Gasteiger partial charge >= 0.3 is 12.0 Å². The molecule has 27 heavy (non-hydrogen) atoms. The van der Waals surface area contributed by atoms with E-state index in [2.05, 4.69) is 10.3 Å². The Morgan fingerprint density at radius 2 is 1.96 bits per heavy atom. The highest BCUT2D eigenvalue weighted by atomic mass is 16.5. The first-order valence-electron chi connectivity index (χ1n) is 9.44. The second kappa shape index (κ2) is 8.83. The van der Waals surface area contributed by atoms with Crippen LogP contribution in [0.25, 0.3) is 0 Å². The number of hydrogen-bond acceptors (Lipinski definition) is 5. The number of ether oxygens (including phenoxy) is 1. The SMILES string of the molecule is COC(=O)C1CN(C(=O)NC2CCCCC2)CCN1C(=O)c1cccnc1. The van der Waals surface area contributed by atoms with E-state index in [1.807, 2.05) is 0 Å². The number of carbonyl (C=O) groups is 3. The quantitative estimate of drug-likeness (QED) is 0.808. The Bertz CT molecular complexity index is 676. The zero-order chi connectivity index (χ0) is 19.2. The number of aromatic nitrogens is 1. The molecule has 1 N–H and O–H groups in total. The largest absolute Gasteiger partial charge is 0.467 e. The number of methoxy groups -OCH3 is 1. The molecule has 1 aromatic heterocycles. The Hall–Kier alpha value is -2.64. The molecule has 1 saturated heterocycles. The first-order chi connectivity index (χ1) is 13.1. The Balaban J connectivity index is 1.68. The Morgan fingerprint density at radius 3 is 2.63 bits per heavy atom. The molecule has 0 spiro atoms. The van der Waals surface area contributed by atoms with Crippen LogP contribution < -0.4 is 5.32 Å². The van der Waals surface area contributed by atoms with Crippen LogP contribution in [0, 0.1) is 0 Å². The van der Waals surface area contributed by atoms with E-state index in [9.17, 15) is 14.4 Å². The molecule has 8 nitrogen and oxygen atoms in total. The predicted octanol–water partition coefficient (Wildman–Crippen LogP) is 1.42. The molecule has 2 fully saturated rings. The molecule has 0 radical (unpaired) electrons. The van der Waals surface area contributed by atoms with Gasteiger partial charge in [-0.05, 0) is 25.0 Å². The maximum absolute atomic E-state index is 12.8. The second-order valence-electron chi connectivity index (χ2n) is 7.01. The maximum atomic E-state index is 12.8. The minimum absolute atomic E-state index is 0.122. The first-order valence-corrected chi connectivity index (χ1v) is 9.44. The molecule has 1 aromatic rings. The van der Waals surface area contributed by atoms with Crippen molar-refractivity contribution in [2.45, 2.75) is 44.2 Å². The predicted molar refractivity (Wildman–Crippen MR) is 98.1 cm³/mol. The second-order valence-corrected chi connectivity index (χ2v) is 7.01. The van der Waals surface area contributed by atoms with Crippen LogP contribution in [0.15, 0.2) is 24.5 Å². The zero-order valence-corrected chi connectivity index (χ0v) is 15.6. The van der Waals surface area contributed by atoms with Gasteiger partial charge in [-0.1, -0.05) is 19.3 Å². The molecule has 1 aliphatic heterocycles. The lowest BCUT2D eigenvalue weighted by Crippen LogP contribution is -2.61. The first kappa shape index (κ1) is 19.1. The summed E-state index contributed by atoms with van der Waals surface area (Å²) in [5, 5.41) is 3.06. The number of urea groups is 1. The number of rotatable bonds is 3. The Labute approximate surface area is 158 Å². The Kier molecular flexibility index (Phi) is 6.26. The molecule has 2 heterocycles. The normalized spacial score (nSPS) is 20.9. The van der Waals surface area contributed by atoms with Gasteiger partial charge < -0.3 is 19.9 Å². The molecule has 0 aromatic carbocycles. The van der Waals surface area contributed by atoms with Crippen LogP contribution >= 0.6 is 0 Å². The minimum Gasteiger partial charge on any atom is -0.467 e. The topological polar surface area (TPSA) is 91.8 Å². The summed E-state index contributed by atoms with van der Waals surface area (Å²) in [4.78, 5) is 44.7. The van der Waals surface area contributed by atoms with Crippen molar-refractivity contribution in [3.63, 3.8) is 0 Å². The standard InChI is InChI=1S/C19H26N4O4/c1-27-18(25)16-13-22(19(26)21-15-7-3-2-4-8-15)10-11-23(16)17(24)14-6-5-9-20-12-14/h5-6,9,12,15-16H,2-4,7-8,10-11,13H2,1H3,(H,21,26). The Morgan fingerprint density at radius 1 is 1.19 bits per heavy atom. The van der Waals surface area contributed by atoms with Gasteiger partial charge in [0.2, 0.25) is 0 Å². The van der Waals surface area contributed by atoms with Crippen LogP contribution in [0.5, 0.6) is 0 Å². The van der Waals surface area contributed by atoms with Crippen molar-refractivity contribution in [2.75, 3.05) is 26.7 Å². The van der Waals surface area contributed by atoms with Crippen molar-refractivity contribution in [1.82, 2.24) is 20.1 Å². The summed E-state index contributed by atoms with van der Waals surface area (Å²) in [5.74, 6) is -0.812. The molecule has 2 aliphatic rings. The lowest BCUT2D eigenvalue weighted by Gasteiger charge is -2.40. The van der Waals surface area contributed by atoms with Crippen LogP contribution in [0.1, 0.15) is 42.5 Å². The van der Waals surface area contributed by atoms with Gasteiger partial charge in [-0.3, -0.25) is 9.78 Å².